The lowest BCUT2D eigenvalue weighted by atomic mass is 9.91. The minimum Gasteiger partial charge on any atom is -0.507 e. The van der Waals surface area contributed by atoms with Crippen molar-refractivity contribution in [3.05, 3.63) is 35.4 Å². The van der Waals surface area contributed by atoms with E-state index in [1.54, 1.807) is 0 Å². The first-order valence-electron chi connectivity index (χ1n) is 6.33. The number of phenolic OH excluding ortho intramolecular Hbond substituents is 1. The van der Waals surface area contributed by atoms with E-state index in [-0.39, 0.29) is 0 Å². The number of hydrogen-bond acceptors (Lipinski definition) is 2. The minimum absolute atomic E-state index is 0.331. The number of nitrogens with one attached hydrogen (secondary N) is 1. The van der Waals surface area contributed by atoms with Gasteiger partial charge in [0, 0.05) is 35.5 Å². The molecule has 0 aliphatic carbocycles. The summed E-state index contributed by atoms with van der Waals surface area (Å²) in [6.07, 6.45) is 0.961. The number of benzene rings is 2. The lowest BCUT2D eigenvalue weighted by molar-refractivity contribution is 0.482. The summed E-state index contributed by atoms with van der Waals surface area (Å²) in [7, 11) is 0. The van der Waals surface area contributed by atoms with Gasteiger partial charge in [-0.3, -0.25) is 0 Å². The fraction of sp³-hybridized carbons (Fsp3) is 0.333. The standard InChI is InChI=1S/C15H16ClNO/c1-2-9-4-3-5-11-13(18)6-12-15(14(9)11)10(7-16)8-17-12/h3-6,10,17-18H,2,7-8H2,1H3. The van der Waals surface area contributed by atoms with E-state index in [2.05, 4.69) is 18.3 Å². The van der Waals surface area contributed by atoms with Crippen LogP contribution < -0.4 is 5.32 Å². The lowest BCUT2D eigenvalue weighted by Gasteiger charge is -2.14. The first-order valence-corrected chi connectivity index (χ1v) is 6.87. The topological polar surface area (TPSA) is 32.3 Å². The van der Waals surface area contributed by atoms with Gasteiger partial charge in [-0.05, 0) is 22.9 Å². The Bertz CT molecular complexity index is 609. The Hall–Kier alpha value is -1.41. The van der Waals surface area contributed by atoms with Gasteiger partial charge in [-0.2, -0.15) is 0 Å². The summed E-state index contributed by atoms with van der Waals surface area (Å²) >= 11 is 6.07. The highest BCUT2D eigenvalue weighted by atomic mass is 35.5. The number of aryl methyl sites for hydroxylation is 1. The van der Waals surface area contributed by atoms with E-state index in [0.29, 0.717) is 17.5 Å². The fourth-order valence-electron chi connectivity index (χ4n) is 2.89. The summed E-state index contributed by atoms with van der Waals surface area (Å²) in [4.78, 5) is 0. The van der Waals surface area contributed by atoms with Crippen molar-refractivity contribution in [2.75, 3.05) is 17.7 Å². The molecule has 1 atom stereocenters. The highest BCUT2D eigenvalue weighted by Gasteiger charge is 2.26. The molecule has 2 aromatic carbocycles. The van der Waals surface area contributed by atoms with Crippen LogP contribution in [0, 0.1) is 0 Å². The number of aromatic hydroxyl groups is 1. The maximum absolute atomic E-state index is 10.1. The molecule has 1 heterocycles. The van der Waals surface area contributed by atoms with Crippen LogP contribution in [-0.2, 0) is 6.42 Å². The Kier molecular flexibility index (Phi) is 2.83. The Morgan fingerprint density at radius 3 is 3.00 bits per heavy atom. The summed E-state index contributed by atoms with van der Waals surface area (Å²) in [5.74, 6) is 1.29. The summed E-state index contributed by atoms with van der Waals surface area (Å²) in [6, 6.07) is 7.94. The second kappa shape index (κ2) is 4.36. The SMILES string of the molecule is CCc1cccc2c(O)cc3c(c12)C(CCl)CN3. The molecule has 0 saturated heterocycles. The van der Waals surface area contributed by atoms with E-state index in [0.717, 1.165) is 24.0 Å². The molecule has 0 bridgehead atoms. The van der Waals surface area contributed by atoms with Gasteiger partial charge in [-0.1, -0.05) is 25.1 Å². The monoisotopic (exact) mass is 261 g/mol. The van der Waals surface area contributed by atoms with Crippen molar-refractivity contribution in [3.63, 3.8) is 0 Å². The molecule has 2 aromatic rings. The van der Waals surface area contributed by atoms with Crippen LogP contribution in [0.5, 0.6) is 5.75 Å². The zero-order chi connectivity index (χ0) is 12.7. The van der Waals surface area contributed by atoms with Crippen LogP contribution in [0.2, 0.25) is 0 Å². The third kappa shape index (κ3) is 1.56. The van der Waals surface area contributed by atoms with Gasteiger partial charge >= 0.3 is 0 Å². The number of rotatable bonds is 2. The van der Waals surface area contributed by atoms with Crippen LogP contribution in [0.15, 0.2) is 24.3 Å². The normalized spacial score (nSPS) is 17.8. The van der Waals surface area contributed by atoms with Gasteiger partial charge in [-0.25, -0.2) is 0 Å². The molecule has 18 heavy (non-hydrogen) atoms. The van der Waals surface area contributed by atoms with Crippen molar-refractivity contribution in [2.24, 2.45) is 0 Å². The van der Waals surface area contributed by atoms with Crippen molar-refractivity contribution in [3.8, 4) is 5.75 Å². The summed E-state index contributed by atoms with van der Waals surface area (Å²) < 4.78 is 0. The summed E-state index contributed by atoms with van der Waals surface area (Å²) in [5, 5.41) is 15.6. The fourth-order valence-corrected chi connectivity index (χ4v) is 3.15. The quantitative estimate of drug-likeness (QED) is 0.805. The van der Waals surface area contributed by atoms with Gasteiger partial charge in [0.25, 0.3) is 0 Å². The van der Waals surface area contributed by atoms with Crippen molar-refractivity contribution in [2.45, 2.75) is 19.3 Å². The number of fused-ring (bicyclic) bond motifs is 3. The molecule has 0 fully saturated rings. The first-order chi connectivity index (χ1) is 8.76. The third-order valence-corrected chi connectivity index (χ3v) is 4.15. The molecule has 0 spiro atoms. The molecule has 2 nitrogen and oxygen atoms in total. The van der Waals surface area contributed by atoms with E-state index in [1.807, 2.05) is 18.2 Å². The molecular formula is C15H16ClNO. The largest absolute Gasteiger partial charge is 0.507 e. The van der Waals surface area contributed by atoms with Gasteiger partial charge in [0.2, 0.25) is 0 Å². The van der Waals surface area contributed by atoms with Gasteiger partial charge in [-0.15, -0.1) is 11.6 Å². The number of hydrogen-bond donors (Lipinski definition) is 2. The Morgan fingerprint density at radius 1 is 1.44 bits per heavy atom. The average Bonchev–Trinajstić information content (AvgIpc) is 2.81. The molecular weight excluding hydrogens is 246 g/mol. The summed E-state index contributed by atoms with van der Waals surface area (Å²) in [6.45, 7) is 3.00. The zero-order valence-electron chi connectivity index (χ0n) is 10.3. The van der Waals surface area contributed by atoms with Crippen LogP contribution in [0.4, 0.5) is 5.69 Å². The Balaban J connectivity index is 2.41. The molecule has 2 N–H and O–H groups in total. The number of anilines is 1. The molecule has 1 unspecified atom stereocenters. The van der Waals surface area contributed by atoms with Crippen LogP contribution in [0.25, 0.3) is 10.8 Å². The molecule has 0 saturated carbocycles. The van der Waals surface area contributed by atoms with E-state index in [4.69, 9.17) is 11.6 Å². The highest BCUT2D eigenvalue weighted by molar-refractivity contribution is 6.18. The van der Waals surface area contributed by atoms with Crippen molar-refractivity contribution >= 4 is 28.1 Å². The van der Waals surface area contributed by atoms with Gasteiger partial charge in [0.05, 0.1) is 0 Å². The van der Waals surface area contributed by atoms with Crippen LogP contribution >= 0.6 is 11.6 Å². The van der Waals surface area contributed by atoms with E-state index in [1.165, 1.54) is 16.5 Å². The van der Waals surface area contributed by atoms with Gasteiger partial charge < -0.3 is 10.4 Å². The zero-order valence-corrected chi connectivity index (χ0v) is 11.1. The molecule has 3 heteroatoms. The van der Waals surface area contributed by atoms with Crippen LogP contribution in [0.3, 0.4) is 0 Å². The van der Waals surface area contributed by atoms with Crippen LogP contribution in [0.1, 0.15) is 24.0 Å². The van der Waals surface area contributed by atoms with E-state index in [9.17, 15) is 5.11 Å². The van der Waals surface area contributed by atoms with E-state index < -0.39 is 0 Å². The van der Waals surface area contributed by atoms with Gasteiger partial charge in [0.1, 0.15) is 5.75 Å². The predicted molar refractivity (Wildman–Crippen MR) is 76.9 cm³/mol. The number of phenols is 1. The Labute approximate surface area is 112 Å². The van der Waals surface area contributed by atoms with Crippen molar-refractivity contribution in [1.29, 1.82) is 0 Å². The number of alkyl halides is 1. The molecule has 0 radical (unpaired) electrons. The third-order valence-electron chi connectivity index (χ3n) is 3.78. The van der Waals surface area contributed by atoms with Gasteiger partial charge in [0.15, 0.2) is 0 Å². The average molecular weight is 262 g/mol. The molecule has 0 amide bonds. The Morgan fingerprint density at radius 2 is 2.28 bits per heavy atom. The molecule has 1 aliphatic heterocycles. The minimum atomic E-state index is 0.331. The smallest absolute Gasteiger partial charge is 0.125 e. The molecule has 94 valence electrons. The molecule has 0 aromatic heterocycles. The van der Waals surface area contributed by atoms with E-state index >= 15 is 0 Å². The molecule has 3 rings (SSSR count). The lowest BCUT2D eigenvalue weighted by Crippen LogP contribution is -2.03. The second-order valence-electron chi connectivity index (χ2n) is 4.78. The van der Waals surface area contributed by atoms with Crippen molar-refractivity contribution < 1.29 is 5.11 Å². The maximum atomic E-state index is 10.1. The first kappa shape index (κ1) is 11.7. The van der Waals surface area contributed by atoms with Crippen molar-refractivity contribution in [1.82, 2.24) is 0 Å². The predicted octanol–water partition coefficient (Wildman–Crippen LogP) is 3.86. The van der Waals surface area contributed by atoms with Crippen LogP contribution in [-0.4, -0.2) is 17.5 Å². The molecule has 1 aliphatic rings. The summed E-state index contributed by atoms with van der Waals surface area (Å²) in [5.41, 5.74) is 3.58. The second-order valence-corrected chi connectivity index (χ2v) is 5.09. The highest BCUT2D eigenvalue weighted by Crippen LogP contribution is 2.43. The number of halogens is 1. The maximum Gasteiger partial charge on any atom is 0.125 e.